The van der Waals surface area contributed by atoms with Crippen LogP contribution in [-0.2, 0) is 0 Å². The summed E-state index contributed by atoms with van der Waals surface area (Å²) in [7, 11) is 1.71. The molecule has 0 heterocycles. The minimum atomic E-state index is -0.460. The summed E-state index contributed by atoms with van der Waals surface area (Å²) in [5.41, 5.74) is 0.725. The van der Waals surface area contributed by atoms with Crippen LogP contribution in [-0.4, -0.2) is 35.4 Å². The van der Waals surface area contributed by atoms with Gasteiger partial charge in [-0.2, -0.15) is 0 Å². The fraction of sp³-hybridized carbons (Fsp3) is 0.533. The molecule has 1 rings (SSSR count). The molecule has 0 spiro atoms. The fourth-order valence-corrected chi connectivity index (χ4v) is 1.90. The quantitative estimate of drug-likeness (QED) is 0.618. The van der Waals surface area contributed by atoms with E-state index in [1.54, 1.807) is 24.1 Å². The van der Waals surface area contributed by atoms with E-state index in [0.29, 0.717) is 17.8 Å². The van der Waals surface area contributed by atoms with Crippen LogP contribution in [0.25, 0.3) is 0 Å². The number of hydrogen-bond acceptors (Lipinski definition) is 4. The summed E-state index contributed by atoms with van der Waals surface area (Å²) in [6, 6.07) is 4.67. The Bertz CT molecular complexity index is 517. The van der Waals surface area contributed by atoms with E-state index in [4.69, 9.17) is 0 Å². The third-order valence-electron chi connectivity index (χ3n) is 3.58. The molecule has 0 saturated heterocycles. The lowest BCUT2D eigenvalue weighted by molar-refractivity contribution is -0.384. The third kappa shape index (κ3) is 4.18. The van der Waals surface area contributed by atoms with Crippen molar-refractivity contribution in [2.45, 2.75) is 39.7 Å². The number of carbonyl (C=O) groups is 1. The molecular formula is C15H23N3O3. The van der Waals surface area contributed by atoms with Crippen LogP contribution in [0.3, 0.4) is 0 Å². The number of anilines is 1. The normalized spacial score (nSPS) is 11.8. The molecule has 0 aliphatic heterocycles. The van der Waals surface area contributed by atoms with Crippen molar-refractivity contribution in [2.24, 2.45) is 0 Å². The highest BCUT2D eigenvalue weighted by Gasteiger charge is 2.21. The van der Waals surface area contributed by atoms with E-state index in [1.165, 1.54) is 6.07 Å². The number of hydrogen-bond donors (Lipinski definition) is 1. The zero-order chi connectivity index (χ0) is 16.0. The number of amides is 1. The molecule has 116 valence electrons. The summed E-state index contributed by atoms with van der Waals surface area (Å²) in [6.07, 6.45) is 1.70. The second-order valence-corrected chi connectivity index (χ2v) is 5.09. The van der Waals surface area contributed by atoms with Gasteiger partial charge in [0, 0.05) is 31.3 Å². The van der Waals surface area contributed by atoms with Crippen LogP contribution in [0.5, 0.6) is 0 Å². The van der Waals surface area contributed by atoms with Gasteiger partial charge in [-0.1, -0.05) is 13.8 Å². The molecule has 0 fully saturated rings. The molecule has 0 radical (unpaired) electrons. The summed E-state index contributed by atoms with van der Waals surface area (Å²) in [5.74, 6) is -0.200. The molecule has 1 aromatic carbocycles. The largest absolute Gasteiger partial charge is 0.380 e. The average molecular weight is 293 g/mol. The van der Waals surface area contributed by atoms with Crippen molar-refractivity contribution < 1.29 is 9.72 Å². The van der Waals surface area contributed by atoms with Crippen molar-refractivity contribution >= 4 is 17.3 Å². The van der Waals surface area contributed by atoms with E-state index in [9.17, 15) is 14.9 Å². The first-order valence-electron chi connectivity index (χ1n) is 7.21. The lowest BCUT2D eigenvalue weighted by Crippen LogP contribution is -2.34. The van der Waals surface area contributed by atoms with Crippen LogP contribution >= 0.6 is 0 Å². The van der Waals surface area contributed by atoms with Crippen LogP contribution in [0.4, 0.5) is 11.4 Å². The van der Waals surface area contributed by atoms with Gasteiger partial charge in [-0.25, -0.2) is 0 Å². The van der Waals surface area contributed by atoms with Crippen LogP contribution in [0, 0.1) is 10.1 Å². The highest BCUT2D eigenvalue weighted by molar-refractivity contribution is 5.95. The summed E-state index contributed by atoms with van der Waals surface area (Å²) in [4.78, 5) is 24.6. The number of nitro groups is 1. The third-order valence-corrected chi connectivity index (χ3v) is 3.58. The Kier molecular flexibility index (Phi) is 6.14. The van der Waals surface area contributed by atoms with Gasteiger partial charge in [0.15, 0.2) is 0 Å². The van der Waals surface area contributed by atoms with E-state index in [0.717, 1.165) is 12.8 Å². The molecule has 6 nitrogen and oxygen atoms in total. The number of carbonyl (C=O) groups excluding carboxylic acids is 1. The van der Waals surface area contributed by atoms with Crippen molar-refractivity contribution in [3.63, 3.8) is 0 Å². The molecule has 1 N–H and O–H groups in total. The Hall–Kier alpha value is -2.11. The Labute approximate surface area is 125 Å². The molecule has 1 amide bonds. The number of rotatable bonds is 7. The van der Waals surface area contributed by atoms with Gasteiger partial charge in [0.1, 0.15) is 5.69 Å². The van der Waals surface area contributed by atoms with Gasteiger partial charge in [-0.05, 0) is 31.9 Å². The Balaban J connectivity index is 3.07. The Morgan fingerprint density at radius 2 is 2.10 bits per heavy atom. The smallest absolute Gasteiger partial charge is 0.293 e. The van der Waals surface area contributed by atoms with Gasteiger partial charge < -0.3 is 10.2 Å². The van der Waals surface area contributed by atoms with Crippen molar-refractivity contribution in [1.29, 1.82) is 0 Å². The summed E-state index contributed by atoms with van der Waals surface area (Å²) in [5, 5.41) is 14.2. The minimum Gasteiger partial charge on any atom is -0.380 e. The molecule has 21 heavy (non-hydrogen) atoms. The lowest BCUT2D eigenvalue weighted by atomic mass is 10.1. The first-order valence-corrected chi connectivity index (χ1v) is 7.21. The number of nitro benzene ring substituents is 1. The molecule has 1 atom stereocenters. The molecule has 1 unspecified atom stereocenters. The SMILES string of the molecule is CCCNc1ccc(C(=O)N(C)C(C)CC)cc1[N+](=O)[O-]. The van der Waals surface area contributed by atoms with Crippen molar-refractivity contribution in [3.05, 3.63) is 33.9 Å². The van der Waals surface area contributed by atoms with Gasteiger partial charge in [-0.15, -0.1) is 0 Å². The Morgan fingerprint density at radius 3 is 2.62 bits per heavy atom. The first-order chi connectivity index (χ1) is 9.92. The maximum atomic E-state index is 12.3. The standard InChI is InChI=1S/C15H23N3O3/c1-5-9-16-13-8-7-12(10-14(13)18(20)21)15(19)17(4)11(3)6-2/h7-8,10-11,16H,5-6,9H2,1-4H3. The Morgan fingerprint density at radius 1 is 1.43 bits per heavy atom. The average Bonchev–Trinajstić information content (AvgIpc) is 2.50. The number of nitrogens with zero attached hydrogens (tertiary/aromatic N) is 2. The van der Waals surface area contributed by atoms with Crippen molar-refractivity contribution in [1.82, 2.24) is 4.90 Å². The van der Waals surface area contributed by atoms with Gasteiger partial charge in [0.05, 0.1) is 4.92 Å². The van der Waals surface area contributed by atoms with Gasteiger partial charge in [0.25, 0.3) is 11.6 Å². The molecule has 0 bridgehead atoms. The topological polar surface area (TPSA) is 75.5 Å². The second-order valence-electron chi connectivity index (χ2n) is 5.09. The first kappa shape index (κ1) is 16.9. The van der Waals surface area contributed by atoms with E-state index in [1.807, 2.05) is 20.8 Å². The molecule has 1 aromatic rings. The van der Waals surface area contributed by atoms with Gasteiger partial charge >= 0.3 is 0 Å². The monoisotopic (exact) mass is 293 g/mol. The van der Waals surface area contributed by atoms with Crippen LogP contribution < -0.4 is 5.32 Å². The number of benzene rings is 1. The zero-order valence-corrected chi connectivity index (χ0v) is 13.0. The lowest BCUT2D eigenvalue weighted by Gasteiger charge is -2.23. The van der Waals surface area contributed by atoms with Gasteiger partial charge in [0.2, 0.25) is 0 Å². The number of nitrogens with one attached hydrogen (secondary N) is 1. The zero-order valence-electron chi connectivity index (χ0n) is 13.0. The van der Waals surface area contributed by atoms with Crippen LogP contribution in [0.2, 0.25) is 0 Å². The summed E-state index contributed by atoms with van der Waals surface area (Å²) in [6.45, 7) is 6.58. The predicted octanol–water partition coefficient (Wildman–Crippen LogP) is 3.29. The van der Waals surface area contributed by atoms with E-state index >= 15 is 0 Å². The maximum absolute atomic E-state index is 12.3. The molecular weight excluding hydrogens is 270 g/mol. The molecule has 0 aliphatic carbocycles. The van der Waals surface area contributed by atoms with E-state index in [-0.39, 0.29) is 17.6 Å². The van der Waals surface area contributed by atoms with Crippen molar-refractivity contribution in [2.75, 3.05) is 18.9 Å². The van der Waals surface area contributed by atoms with E-state index < -0.39 is 4.92 Å². The minimum absolute atomic E-state index is 0.0631. The van der Waals surface area contributed by atoms with Crippen LogP contribution in [0.1, 0.15) is 44.0 Å². The maximum Gasteiger partial charge on any atom is 0.293 e. The highest BCUT2D eigenvalue weighted by Crippen LogP contribution is 2.26. The van der Waals surface area contributed by atoms with Crippen LogP contribution in [0.15, 0.2) is 18.2 Å². The summed E-state index contributed by atoms with van der Waals surface area (Å²) >= 11 is 0. The fourth-order valence-electron chi connectivity index (χ4n) is 1.90. The highest BCUT2D eigenvalue weighted by atomic mass is 16.6. The predicted molar refractivity (Wildman–Crippen MR) is 83.7 cm³/mol. The molecule has 0 aromatic heterocycles. The molecule has 0 aliphatic rings. The second kappa shape index (κ2) is 7.61. The van der Waals surface area contributed by atoms with E-state index in [2.05, 4.69) is 5.32 Å². The molecule has 6 heteroatoms. The van der Waals surface area contributed by atoms with Gasteiger partial charge in [-0.3, -0.25) is 14.9 Å². The van der Waals surface area contributed by atoms with Crippen molar-refractivity contribution in [3.8, 4) is 0 Å². The summed E-state index contributed by atoms with van der Waals surface area (Å²) < 4.78 is 0. The molecule has 0 saturated carbocycles.